The molecule has 0 bridgehead atoms. The Balaban J connectivity index is 2.16. The Morgan fingerprint density at radius 3 is 2.89 bits per heavy atom. The van der Waals surface area contributed by atoms with Gasteiger partial charge in [-0.2, -0.15) is 0 Å². The molecule has 6 heteroatoms. The van der Waals surface area contributed by atoms with E-state index < -0.39 is 5.91 Å². The number of aromatic nitrogens is 1. The molecule has 0 aliphatic rings. The molecule has 0 aliphatic heterocycles. The number of nitrogens with zero attached hydrogens (tertiary/aromatic N) is 1. The predicted octanol–water partition coefficient (Wildman–Crippen LogP) is 1.28. The van der Waals surface area contributed by atoms with Gasteiger partial charge in [0, 0.05) is 0 Å². The number of hydrogen-bond donors (Lipinski definition) is 3. The fourth-order valence-electron chi connectivity index (χ4n) is 1.56. The smallest absolute Gasteiger partial charge is 0.252 e. The van der Waals surface area contributed by atoms with Gasteiger partial charge in [0.25, 0.3) is 5.91 Å². The molecule has 0 saturated carbocycles. The Bertz CT molecular complexity index is 577. The van der Waals surface area contributed by atoms with Crippen molar-refractivity contribution in [3.8, 4) is 0 Å². The number of carbonyl (C=O) groups excluding carboxylic acids is 1. The van der Waals surface area contributed by atoms with Crippen molar-refractivity contribution in [3.63, 3.8) is 0 Å². The van der Waals surface area contributed by atoms with Crippen molar-refractivity contribution >= 4 is 17.4 Å². The van der Waals surface area contributed by atoms with Crippen molar-refractivity contribution < 1.29 is 9.21 Å². The second-order valence-electron chi connectivity index (χ2n) is 3.89. The summed E-state index contributed by atoms with van der Waals surface area (Å²) in [5.74, 6) is 1.40. The summed E-state index contributed by atoms with van der Waals surface area (Å²) in [5, 5.41) is 2.99. The third kappa shape index (κ3) is 2.60. The van der Waals surface area contributed by atoms with Crippen LogP contribution in [0.15, 0.2) is 28.8 Å². The summed E-state index contributed by atoms with van der Waals surface area (Å²) in [6, 6.07) is 5.21. The zero-order valence-corrected chi connectivity index (χ0v) is 9.93. The Morgan fingerprint density at radius 1 is 1.50 bits per heavy atom. The SMILES string of the molecule is Cc1ccc(CNc2ncc(N)cc2C(N)=O)o1. The normalized spacial score (nSPS) is 10.3. The van der Waals surface area contributed by atoms with Gasteiger partial charge in [-0.25, -0.2) is 4.98 Å². The van der Waals surface area contributed by atoms with Gasteiger partial charge in [0.1, 0.15) is 17.3 Å². The van der Waals surface area contributed by atoms with E-state index in [1.54, 1.807) is 0 Å². The van der Waals surface area contributed by atoms with Gasteiger partial charge >= 0.3 is 0 Å². The van der Waals surface area contributed by atoms with Crippen LogP contribution in [-0.4, -0.2) is 10.9 Å². The van der Waals surface area contributed by atoms with Crippen LogP contribution in [0.1, 0.15) is 21.9 Å². The molecular formula is C12H14N4O2. The number of nitrogens with two attached hydrogens (primary N) is 2. The van der Waals surface area contributed by atoms with Crippen LogP contribution in [-0.2, 0) is 6.54 Å². The van der Waals surface area contributed by atoms with Crippen molar-refractivity contribution in [3.05, 3.63) is 41.5 Å². The summed E-state index contributed by atoms with van der Waals surface area (Å²) in [6.07, 6.45) is 1.46. The number of pyridine rings is 1. The maximum absolute atomic E-state index is 11.3. The minimum Gasteiger partial charge on any atom is -0.465 e. The minimum atomic E-state index is -0.576. The van der Waals surface area contributed by atoms with E-state index in [0.717, 1.165) is 11.5 Å². The van der Waals surface area contributed by atoms with Gasteiger partial charge in [0.2, 0.25) is 0 Å². The highest BCUT2D eigenvalue weighted by atomic mass is 16.3. The van der Waals surface area contributed by atoms with Crippen LogP contribution in [0, 0.1) is 6.92 Å². The van der Waals surface area contributed by atoms with Crippen molar-refractivity contribution in [1.29, 1.82) is 0 Å². The van der Waals surface area contributed by atoms with Crippen LogP contribution >= 0.6 is 0 Å². The van der Waals surface area contributed by atoms with Crippen LogP contribution < -0.4 is 16.8 Å². The molecule has 0 aromatic carbocycles. The fraction of sp³-hybridized carbons (Fsp3) is 0.167. The Kier molecular flexibility index (Phi) is 3.18. The Labute approximate surface area is 104 Å². The molecule has 5 N–H and O–H groups in total. The Morgan fingerprint density at radius 2 is 2.28 bits per heavy atom. The summed E-state index contributed by atoms with van der Waals surface area (Å²) in [7, 11) is 0. The molecular weight excluding hydrogens is 232 g/mol. The number of rotatable bonds is 4. The minimum absolute atomic E-state index is 0.262. The molecule has 2 aromatic rings. The van der Waals surface area contributed by atoms with Crippen LogP contribution in [0.5, 0.6) is 0 Å². The lowest BCUT2D eigenvalue weighted by Crippen LogP contribution is -2.16. The molecule has 0 atom stereocenters. The van der Waals surface area contributed by atoms with E-state index in [-0.39, 0.29) is 5.56 Å². The first-order valence-corrected chi connectivity index (χ1v) is 5.41. The van der Waals surface area contributed by atoms with E-state index >= 15 is 0 Å². The second kappa shape index (κ2) is 4.79. The monoisotopic (exact) mass is 246 g/mol. The maximum atomic E-state index is 11.3. The lowest BCUT2D eigenvalue weighted by molar-refractivity contribution is 0.100. The van der Waals surface area contributed by atoms with Gasteiger partial charge in [-0.3, -0.25) is 4.79 Å². The number of anilines is 2. The molecule has 6 nitrogen and oxygen atoms in total. The number of furan rings is 1. The standard InChI is InChI=1S/C12H14N4O2/c1-7-2-3-9(18-7)6-16-12-10(11(14)17)4-8(13)5-15-12/h2-5H,6,13H2,1H3,(H2,14,17)(H,15,16). The number of nitrogen functional groups attached to an aromatic ring is 1. The summed E-state index contributed by atoms with van der Waals surface area (Å²) >= 11 is 0. The van der Waals surface area contributed by atoms with Gasteiger partial charge in [-0.1, -0.05) is 0 Å². The van der Waals surface area contributed by atoms with Gasteiger partial charge in [0.05, 0.1) is 24.0 Å². The molecule has 0 spiro atoms. The first kappa shape index (κ1) is 12.0. The molecule has 0 saturated heterocycles. The third-order valence-electron chi connectivity index (χ3n) is 2.40. The Hall–Kier alpha value is -2.50. The number of amides is 1. The third-order valence-corrected chi connectivity index (χ3v) is 2.40. The summed E-state index contributed by atoms with van der Waals surface area (Å²) in [6.45, 7) is 2.28. The fourth-order valence-corrected chi connectivity index (χ4v) is 1.56. The van der Waals surface area contributed by atoms with Crippen LogP contribution in [0.3, 0.4) is 0 Å². The van der Waals surface area contributed by atoms with E-state index in [2.05, 4.69) is 10.3 Å². The van der Waals surface area contributed by atoms with E-state index in [4.69, 9.17) is 15.9 Å². The molecule has 0 unspecified atom stereocenters. The largest absolute Gasteiger partial charge is 0.465 e. The van der Waals surface area contributed by atoms with Crippen molar-refractivity contribution in [2.24, 2.45) is 5.73 Å². The molecule has 94 valence electrons. The molecule has 0 radical (unpaired) electrons. The van der Waals surface area contributed by atoms with E-state index in [1.165, 1.54) is 12.3 Å². The lowest BCUT2D eigenvalue weighted by atomic mass is 10.2. The zero-order chi connectivity index (χ0) is 13.1. The maximum Gasteiger partial charge on any atom is 0.252 e. The zero-order valence-electron chi connectivity index (χ0n) is 9.93. The van der Waals surface area contributed by atoms with E-state index in [0.29, 0.717) is 18.1 Å². The highest BCUT2D eigenvalue weighted by Crippen LogP contribution is 2.16. The number of nitrogens with one attached hydrogen (secondary N) is 1. The van der Waals surface area contributed by atoms with Crippen molar-refractivity contribution in [1.82, 2.24) is 4.98 Å². The summed E-state index contributed by atoms with van der Waals surface area (Å²) in [4.78, 5) is 15.3. The quantitative estimate of drug-likeness (QED) is 0.753. The molecule has 2 heterocycles. The highest BCUT2D eigenvalue weighted by Gasteiger charge is 2.10. The number of primary amides is 1. The number of aryl methyl sites for hydroxylation is 1. The van der Waals surface area contributed by atoms with Crippen molar-refractivity contribution in [2.75, 3.05) is 11.1 Å². The topological polar surface area (TPSA) is 107 Å². The van der Waals surface area contributed by atoms with Gasteiger partial charge in [-0.05, 0) is 25.1 Å². The average molecular weight is 246 g/mol. The molecule has 1 amide bonds. The van der Waals surface area contributed by atoms with Gasteiger partial charge < -0.3 is 21.2 Å². The molecule has 0 fully saturated rings. The van der Waals surface area contributed by atoms with E-state index in [9.17, 15) is 4.79 Å². The summed E-state index contributed by atoms with van der Waals surface area (Å²) in [5.41, 5.74) is 11.5. The van der Waals surface area contributed by atoms with Crippen LogP contribution in [0.25, 0.3) is 0 Å². The van der Waals surface area contributed by atoms with E-state index in [1.807, 2.05) is 19.1 Å². The first-order valence-electron chi connectivity index (χ1n) is 5.41. The second-order valence-corrected chi connectivity index (χ2v) is 3.89. The molecule has 18 heavy (non-hydrogen) atoms. The highest BCUT2D eigenvalue weighted by molar-refractivity contribution is 5.98. The molecule has 0 aliphatic carbocycles. The first-order chi connectivity index (χ1) is 8.56. The summed E-state index contributed by atoms with van der Waals surface area (Å²) < 4.78 is 5.40. The van der Waals surface area contributed by atoms with Crippen LogP contribution in [0.2, 0.25) is 0 Å². The van der Waals surface area contributed by atoms with Gasteiger partial charge in [-0.15, -0.1) is 0 Å². The molecule has 2 aromatic heterocycles. The van der Waals surface area contributed by atoms with Crippen LogP contribution in [0.4, 0.5) is 11.5 Å². The van der Waals surface area contributed by atoms with Gasteiger partial charge in [0.15, 0.2) is 0 Å². The average Bonchev–Trinajstić information content (AvgIpc) is 2.73. The number of hydrogen-bond acceptors (Lipinski definition) is 5. The predicted molar refractivity (Wildman–Crippen MR) is 67.9 cm³/mol. The van der Waals surface area contributed by atoms with Crippen molar-refractivity contribution in [2.45, 2.75) is 13.5 Å². The lowest BCUT2D eigenvalue weighted by Gasteiger charge is -2.08. The number of carbonyl (C=O) groups is 1. The molecule has 2 rings (SSSR count).